The molecule has 28 heavy (non-hydrogen) atoms. The highest BCUT2D eigenvalue weighted by atomic mass is 32.2. The molecule has 0 aliphatic heterocycles. The van der Waals surface area contributed by atoms with Crippen LogP contribution in [-0.2, 0) is 16.6 Å². The van der Waals surface area contributed by atoms with Crippen molar-refractivity contribution in [3.8, 4) is 0 Å². The molecule has 0 saturated carbocycles. The van der Waals surface area contributed by atoms with Gasteiger partial charge in [0.1, 0.15) is 0 Å². The number of hydrogen-bond donors (Lipinski definition) is 1. The Kier molecular flexibility index (Phi) is 8.20. The third kappa shape index (κ3) is 5.91. The second-order valence-corrected chi connectivity index (χ2v) is 8.84. The van der Waals surface area contributed by atoms with Gasteiger partial charge in [-0.2, -0.15) is 4.31 Å². The molecular formula is C22H30N2O3S. The van der Waals surface area contributed by atoms with Crippen molar-refractivity contribution >= 4 is 15.9 Å². The molecule has 0 unspecified atom stereocenters. The van der Waals surface area contributed by atoms with Gasteiger partial charge in [0, 0.05) is 25.2 Å². The van der Waals surface area contributed by atoms with E-state index in [4.69, 9.17) is 0 Å². The van der Waals surface area contributed by atoms with Crippen LogP contribution in [0.5, 0.6) is 0 Å². The fraction of sp³-hybridized carbons (Fsp3) is 0.409. The first-order chi connectivity index (χ1) is 13.4. The van der Waals surface area contributed by atoms with Crippen LogP contribution in [0.3, 0.4) is 0 Å². The zero-order valence-electron chi connectivity index (χ0n) is 16.9. The highest BCUT2D eigenvalue weighted by molar-refractivity contribution is 7.89. The molecule has 0 spiro atoms. The molecule has 0 aliphatic carbocycles. The monoisotopic (exact) mass is 402 g/mol. The van der Waals surface area contributed by atoms with Gasteiger partial charge < -0.3 is 5.32 Å². The predicted molar refractivity (Wildman–Crippen MR) is 113 cm³/mol. The molecule has 5 nitrogen and oxygen atoms in total. The number of aryl methyl sites for hydroxylation is 1. The highest BCUT2D eigenvalue weighted by Crippen LogP contribution is 2.19. The molecule has 0 bridgehead atoms. The molecule has 1 amide bonds. The van der Waals surface area contributed by atoms with Gasteiger partial charge >= 0.3 is 0 Å². The highest BCUT2D eigenvalue weighted by Gasteiger charge is 2.23. The molecule has 1 N–H and O–H groups in total. The number of carbonyl (C=O) groups excluding carboxylic acids is 1. The first-order valence-corrected chi connectivity index (χ1v) is 11.3. The molecule has 152 valence electrons. The maximum atomic E-state index is 12.9. The van der Waals surface area contributed by atoms with Gasteiger partial charge in [0.15, 0.2) is 0 Å². The Hall–Kier alpha value is -2.18. The number of benzene rings is 2. The maximum absolute atomic E-state index is 12.9. The minimum atomic E-state index is -3.56. The fourth-order valence-corrected chi connectivity index (χ4v) is 4.31. The zero-order valence-corrected chi connectivity index (χ0v) is 17.8. The van der Waals surface area contributed by atoms with E-state index in [0.29, 0.717) is 23.5 Å². The van der Waals surface area contributed by atoms with Gasteiger partial charge in [-0.3, -0.25) is 4.79 Å². The second kappa shape index (κ2) is 10.4. The lowest BCUT2D eigenvalue weighted by Gasteiger charge is -2.21. The topological polar surface area (TPSA) is 66.5 Å². The number of nitrogens with one attached hydrogen (secondary N) is 1. The van der Waals surface area contributed by atoms with Crippen molar-refractivity contribution in [2.45, 2.75) is 51.5 Å². The Morgan fingerprint density at radius 3 is 2.18 bits per heavy atom. The Morgan fingerprint density at radius 1 is 0.964 bits per heavy atom. The fourth-order valence-electron chi connectivity index (χ4n) is 2.87. The van der Waals surface area contributed by atoms with E-state index in [9.17, 15) is 13.2 Å². The Morgan fingerprint density at radius 2 is 1.61 bits per heavy atom. The first kappa shape index (κ1) is 22.1. The number of carbonyl (C=O) groups is 1. The van der Waals surface area contributed by atoms with Crippen molar-refractivity contribution in [1.82, 2.24) is 9.62 Å². The average Bonchev–Trinajstić information content (AvgIpc) is 2.70. The van der Waals surface area contributed by atoms with Gasteiger partial charge in [0.2, 0.25) is 10.0 Å². The number of hydrogen-bond acceptors (Lipinski definition) is 3. The Bertz CT molecular complexity index is 860. The van der Waals surface area contributed by atoms with Crippen molar-refractivity contribution in [3.63, 3.8) is 0 Å². The van der Waals surface area contributed by atoms with E-state index in [1.807, 2.05) is 26.0 Å². The quantitative estimate of drug-likeness (QED) is 0.608. The number of unbranched alkanes of at least 4 members (excludes halogenated alkanes) is 2. The summed E-state index contributed by atoms with van der Waals surface area (Å²) in [5.41, 5.74) is 2.45. The summed E-state index contributed by atoms with van der Waals surface area (Å²) in [5.74, 6) is -0.0951. The smallest absolute Gasteiger partial charge is 0.251 e. The molecule has 0 fully saturated rings. The summed E-state index contributed by atoms with van der Waals surface area (Å²) in [6, 6.07) is 14.0. The Balaban J connectivity index is 2.04. The number of rotatable bonds is 10. The van der Waals surface area contributed by atoms with Crippen LogP contribution in [0.2, 0.25) is 0 Å². The van der Waals surface area contributed by atoms with Gasteiger partial charge in [0.25, 0.3) is 5.91 Å². The summed E-state index contributed by atoms with van der Waals surface area (Å²) < 4.78 is 27.2. The molecule has 2 rings (SSSR count). The Labute approximate surface area is 168 Å². The van der Waals surface area contributed by atoms with E-state index in [2.05, 4.69) is 12.2 Å². The van der Waals surface area contributed by atoms with E-state index in [-0.39, 0.29) is 12.5 Å². The molecule has 0 atom stereocenters. The standard InChI is InChI=1S/C22H30N2O3S/c1-4-6-7-16-23-22(25)20-12-10-19(11-13-20)17-24(5-2)28(26,27)21-14-8-18(3)9-15-21/h8-15H,4-7,16-17H2,1-3H3,(H,23,25). The van der Waals surface area contributed by atoms with Crippen molar-refractivity contribution in [1.29, 1.82) is 0 Å². The molecule has 0 aliphatic rings. The summed E-state index contributed by atoms with van der Waals surface area (Å²) in [5, 5.41) is 2.91. The van der Waals surface area contributed by atoms with Crippen molar-refractivity contribution < 1.29 is 13.2 Å². The molecule has 0 heterocycles. The van der Waals surface area contributed by atoms with Gasteiger partial charge in [-0.25, -0.2) is 8.42 Å². The lowest BCUT2D eigenvalue weighted by Crippen LogP contribution is -2.30. The van der Waals surface area contributed by atoms with E-state index in [1.54, 1.807) is 36.4 Å². The van der Waals surface area contributed by atoms with Gasteiger partial charge in [-0.1, -0.05) is 56.5 Å². The van der Waals surface area contributed by atoms with Crippen LogP contribution >= 0.6 is 0 Å². The van der Waals surface area contributed by atoms with Crippen LogP contribution in [0, 0.1) is 6.92 Å². The maximum Gasteiger partial charge on any atom is 0.251 e. The van der Waals surface area contributed by atoms with Crippen LogP contribution in [0.4, 0.5) is 0 Å². The minimum absolute atomic E-state index is 0.0951. The number of nitrogens with zero attached hydrogens (tertiary/aromatic N) is 1. The lowest BCUT2D eigenvalue weighted by molar-refractivity contribution is 0.0953. The summed E-state index contributed by atoms with van der Waals surface area (Å²) in [7, 11) is -3.56. The van der Waals surface area contributed by atoms with E-state index >= 15 is 0 Å². The van der Waals surface area contributed by atoms with Crippen molar-refractivity contribution in [3.05, 3.63) is 65.2 Å². The van der Waals surface area contributed by atoms with Gasteiger partial charge in [0.05, 0.1) is 4.90 Å². The van der Waals surface area contributed by atoms with Crippen molar-refractivity contribution in [2.75, 3.05) is 13.1 Å². The number of sulfonamides is 1. The summed E-state index contributed by atoms with van der Waals surface area (Å²) in [6.45, 7) is 7.19. The first-order valence-electron chi connectivity index (χ1n) is 9.82. The van der Waals surface area contributed by atoms with Crippen LogP contribution < -0.4 is 5.32 Å². The third-order valence-electron chi connectivity index (χ3n) is 4.65. The summed E-state index contributed by atoms with van der Waals surface area (Å²) in [4.78, 5) is 12.4. The summed E-state index contributed by atoms with van der Waals surface area (Å²) >= 11 is 0. The van der Waals surface area contributed by atoms with Gasteiger partial charge in [-0.05, 0) is 43.2 Å². The lowest BCUT2D eigenvalue weighted by atomic mass is 10.1. The van der Waals surface area contributed by atoms with E-state index in [0.717, 1.165) is 30.4 Å². The molecular weight excluding hydrogens is 372 g/mol. The molecule has 6 heteroatoms. The second-order valence-electron chi connectivity index (χ2n) is 6.90. The van der Waals surface area contributed by atoms with Crippen LogP contribution in [-0.4, -0.2) is 31.7 Å². The molecule has 2 aromatic rings. The van der Waals surface area contributed by atoms with Crippen molar-refractivity contribution in [2.24, 2.45) is 0 Å². The number of amides is 1. The predicted octanol–water partition coefficient (Wildman–Crippen LogP) is 4.13. The minimum Gasteiger partial charge on any atom is -0.352 e. The molecule has 2 aromatic carbocycles. The molecule has 0 radical (unpaired) electrons. The zero-order chi connectivity index (χ0) is 20.6. The molecule has 0 saturated heterocycles. The average molecular weight is 403 g/mol. The third-order valence-corrected chi connectivity index (χ3v) is 6.59. The molecule has 0 aromatic heterocycles. The van der Waals surface area contributed by atoms with Gasteiger partial charge in [-0.15, -0.1) is 0 Å². The van der Waals surface area contributed by atoms with E-state index < -0.39 is 10.0 Å². The summed E-state index contributed by atoms with van der Waals surface area (Å²) in [6.07, 6.45) is 3.19. The van der Waals surface area contributed by atoms with Crippen LogP contribution in [0.15, 0.2) is 53.4 Å². The van der Waals surface area contributed by atoms with E-state index in [1.165, 1.54) is 4.31 Å². The van der Waals surface area contributed by atoms with Crippen LogP contribution in [0.1, 0.15) is 54.6 Å². The SMILES string of the molecule is CCCCCNC(=O)c1ccc(CN(CC)S(=O)(=O)c2ccc(C)cc2)cc1. The van der Waals surface area contributed by atoms with Crippen LogP contribution in [0.25, 0.3) is 0 Å². The normalized spacial score (nSPS) is 11.6. The largest absolute Gasteiger partial charge is 0.352 e.